The van der Waals surface area contributed by atoms with Gasteiger partial charge in [0.2, 0.25) is 0 Å². The van der Waals surface area contributed by atoms with Crippen molar-refractivity contribution in [2.75, 3.05) is 19.0 Å². The van der Waals surface area contributed by atoms with Gasteiger partial charge in [-0.25, -0.2) is 0 Å². The molecule has 0 atom stereocenters. The van der Waals surface area contributed by atoms with Crippen LogP contribution in [0.1, 0.15) is 26.3 Å². The second kappa shape index (κ2) is 8.83. The molecule has 4 nitrogen and oxygen atoms in total. The van der Waals surface area contributed by atoms with Crippen molar-refractivity contribution < 1.29 is 14.2 Å². The zero-order valence-corrected chi connectivity index (χ0v) is 16.1. The molecule has 0 saturated carbocycles. The number of methoxy groups -OCH3 is 1. The molecule has 2 aromatic rings. The molecule has 0 unspecified atom stereocenters. The molecule has 0 aliphatic carbocycles. The van der Waals surface area contributed by atoms with Crippen LogP contribution in [0.15, 0.2) is 40.9 Å². The summed E-state index contributed by atoms with van der Waals surface area (Å²) in [6.45, 7) is 7.25. The van der Waals surface area contributed by atoms with Crippen LogP contribution in [0.3, 0.4) is 0 Å². The van der Waals surface area contributed by atoms with Crippen molar-refractivity contribution in [1.29, 1.82) is 0 Å². The van der Waals surface area contributed by atoms with Crippen LogP contribution in [0.2, 0.25) is 0 Å². The second-order valence-corrected chi connectivity index (χ2v) is 6.43. The van der Waals surface area contributed by atoms with E-state index >= 15 is 0 Å². The third kappa shape index (κ3) is 5.06. The van der Waals surface area contributed by atoms with E-state index in [9.17, 15) is 0 Å². The second-order valence-electron chi connectivity index (χ2n) is 5.57. The van der Waals surface area contributed by atoms with Gasteiger partial charge in [-0.15, -0.1) is 0 Å². The van der Waals surface area contributed by atoms with Crippen molar-refractivity contribution in [3.05, 3.63) is 46.4 Å². The van der Waals surface area contributed by atoms with Crippen molar-refractivity contribution in [2.24, 2.45) is 0 Å². The van der Waals surface area contributed by atoms with Crippen LogP contribution in [0.4, 0.5) is 5.69 Å². The lowest BCUT2D eigenvalue weighted by molar-refractivity contribution is 0.223. The van der Waals surface area contributed by atoms with Crippen LogP contribution in [0.5, 0.6) is 17.2 Å². The van der Waals surface area contributed by atoms with E-state index in [0.29, 0.717) is 13.2 Å². The summed E-state index contributed by atoms with van der Waals surface area (Å²) < 4.78 is 17.7. The summed E-state index contributed by atoms with van der Waals surface area (Å²) in [6, 6.07) is 11.8. The Bertz CT molecular complexity index is 656. The molecule has 130 valence electrons. The van der Waals surface area contributed by atoms with Crippen molar-refractivity contribution in [1.82, 2.24) is 0 Å². The van der Waals surface area contributed by atoms with Gasteiger partial charge in [-0.1, -0.05) is 15.9 Å². The molecule has 24 heavy (non-hydrogen) atoms. The predicted molar refractivity (Wildman–Crippen MR) is 101 cm³/mol. The number of benzene rings is 2. The van der Waals surface area contributed by atoms with Crippen molar-refractivity contribution in [2.45, 2.75) is 33.4 Å². The fourth-order valence-electron chi connectivity index (χ4n) is 2.23. The van der Waals surface area contributed by atoms with Gasteiger partial charge in [0, 0.05) is 16.7 Å². The minimum absolute atomic E-state index is 0.0966. The first-order chi connectivity index (χ1) is 11.5. The average Bonchev–Trinajstić information content (AvgIpc) is 2.56. The van der Waals surface area contributed by atoms with Gasteiger partial charge in [0.05, 0.1) is 19.8 Å². The molecule has 2 aromatic carbocycles. The Labute approximate surface area is 152 Å². The fourth-order valence-corrected chi connectivity index (χ4v) is 2.70. The highest BCUT2D eigenvalue weighted by molar-refractivity contribution is 9.10. The van der Waals surface area contributed by atoms with E-state index in [1.54, 1.807) is 7.11 Å². The first-order valence-electron chi connectivity index (χ1n) is 8.03. The van der Waals surface area contributed by atoms with Crippen molar-refractivity contribution in [3.63, 3.8) is 0 Å². The summed E-state index contributed by atoms with van der Waals surface area (Å²) in [4.78, 5) is 0. The lowest BCUT2D eigenvalue weighted by Crippen LogP contribution is -2.08. The van der Waals surface area contributed by atoms with E-state index in [2.05, 4.69) is 21.2 Å². The Morgan fingerprint density at radius 1 is 1.08 bits per heavy atom. The van der Waals surface area contributed by atoms with E-state index in [-0.39, 0.29) is 6.10 Å². The van der Waals surface area contributed by atoms with E-state index in [4.69, 9.17) is 14.2 Å². The topological polar surface area (TPSA) is 39.7 Å². The summed E-state index contributed by atoms with van der Waals surface area (Å²) in [6.07, 6.45) is 0.0966. The molecule has 0 radical (unpaired) electrons. The number of hydrogen-bond acceptors (Lipinski definition) is 4. The van der Waals surface area contributed by atoms with Crippen LogP contribution in [-0.4, -0.2) is 19.8 Å². The molecule has 0 aromatic heterocycles. The highest BCUT2D eigenvalue weighted by Gasteiger charge is 2.12. The molecule has 0 aliphatic rings. The molecular weight excluding hydrogens is 370 g/mol. The summed E-state index contributed by atoms with van der Waals surface area (Å²) in [5.74, 6) is 2.36. The van der Waals surface area contributed by atoms with Gasteiger partial charge in [0.1, 0.15) is 5.75 Å². The first kappa shape index (κ1) is 18.5. The summed E-state index contributed by atoms with van der Waals surface area (Å²) >= 11 is 3.62. The molecule has 1 N–H and O–H groups in total. The van der Waals surface area contributed by atoms with E-state index in [1.165, 1.54) is 0 Å². The summed E-state index contributed by atoms with van der Waals surface area (Å²) in [5.41, 5.74) is 2.13. The van der Waals surface area contributed by atoms with Gasteiger partial charge in [0.15, 0.2) is 11.5 Å². The standard InChI is InChI=1S/C19H24BrNO3/c1-5-23-18-10-14(17(20)11-19(18)24-13(2)3)12-21-15-6-8-16(22-4)9-7-15/h6-11,13,21H,5,12H2,1-4H3. The van der Waals surface area contributed by atoms with Gasteiger partial charge >= 0.3 is 0 Å². The van der Waals surface area contributed by atoms with E-state index in [0.717, 1.165) is 33.0 Å². The maximum atomic E-state index is 5.83. The fraction of sp³-hybridized carbons (Fsp3) is 0.368. The van der Waals surface area contributed by atoms with Crippen LogP contribution < -0.4 is 19.5 Å². The number of rotatable bonds is 8. The summed E-state index contributed by atoms with van der Waals surface area (Å²) in [5, 5.41) is 3.40. The molecule has 5 heteroatoms. The van der Waals surface area contributed by atoms with Crippen LogP contribution in [0, 0.1) is 0 Å². The average molecular weight is 394 g/mol. The van der Waals surface area contributed by atoms with Crippen molar-refractivity contribution in [3.8, 4) is 17.2 Å². The number of anilines is 1. The molecule has 0 fully saturated rings. The Balaban J connectivity index is 2.14. The SMILES string of the molecule is CCOc1cc(CNc2ccc(OC)cc2)c(Br)cc1OC(C)C. The lowest BCUT2D eigenvalue weighted by atomic mass is 10.2. The number of nitrogens with one attached hydrogen (secondary N) is 1. The zero-order valence-electron chi connectivity index (χ0n) is 14.6. The lowest BCUT2D eigenvalue weighted by Gasteiger charge is -2.17. The highest BCUT2D eigenvalue weighted by atomic mass is 79.9. The van der Waals surface area contributed by atoms with Gasteiger partial charge in [-0.3, -0.25) is 0 Å². The minimum Gasteiger partial charge on any atom is -0.497 e. The Morgan fingerprint density at radius 2 is 1.79 bits per heavy atom. The predicted octanol–water partition coefficient (Wildman–Crippen LogP) is 5.26. The molecule has 0 spiro atoms. The Kier molecular flexibility index (Phi) is 6.79. The molecule has 0 heterocycles. The van der Waals surface area contributed by atoms with E-state index in [1.807, 2.05) is 57.2 Å². The Morgan fingerprint density at radius 3 is 2.38 bits per heavy atom. The summed E-state index contributed by atoms with van der Waals surface area (Å²) in [7, 11) is 1.66. The first-order valence-corrected chi connectivity index (χ1v) is 8.82. The van der Waals surface area contributed by atoms with Crippen LogP contribution in [-0.2, 0) is 6.54 Å². The molecule has 0 amide bonds. The third-order valence-electron chi connectivity index (χ3n) is 3.35. The Hall–Kier alpha value is -1.88. The smallest absolute Gasteiger partial charge is 0.162 e. The normalized spacial score (nSPS) is 10.6. The largest absolute Gasteiger partial charge is 0.497 e. The number of ether oxygens (including phenoxy) is 3. The van der Waals surface area contributed by atoms with Gasteiger partial charge < -0.3 is 19.5 Å². The molecular formula is C19H24BrNO3. The molecule has 0 bridgehead atoms. The van der Waals surface area contributed by atoms with Crippen LogP contribution in [0.25, 0.3) is 0 Å². The highest BCUT2D eigenvalue weighted by Crippen LogP contribution is 2.35. The maximum absolute atomic E-state index is 5.83. The molecule has 0 aliphatic heterocycles. The van der Waals surface area contributed by atoms with Gasteiger partial charge in [-0.2, -0.15) is 0 Å². The minimum atomic E-state index is 0.0966. The van der Waals surface area contributed by atoms with Gasteiger partial charge in [0.25, 0.3) is 0 Å². The third-order valence-corrected chi connectivity index (χ3v) is 4.09. The van der Waals surface area contributed by atoms with Gasteiger partial charge in [-0.05, 0) is 62.7 Å². The monoisotopic (exact) mass is 393 g/mol. The quantitative estimate of drug-likeness (QED) is 0.664. The van der Waals surface area contributed by atoms with Crippen LogP contribution >= 0.6 is 15.9 Å². The molecule has 0 saturated heterocycles. The maximum Gasteiger partial charge on any atom is 0.162 e. The van der Waals surface area contributed by atoms with Crippen molar-refractivity contribution >= 4 is 21.6 Å². The van der Waals surface area contributed by atoms with E-state index < -0.39 is 0 Å². The number of halogens is 1. The molecule has 2 rings (SSSR count). The number of hydrogen-bond donors (Lipinski definition) is 1. The zero-order chi connectivity index (χ0) is 17.5.